The van der Waals surface area contributed by atoms with Crippen molar-refractivity contribution < 1.29 is 22.8 Å². The Morgan fingerprint density at radius 1 is 0.893 bits per heavy atom. The van der Waals surface area contributed by atoms with Gasteiger partial charge in [-0.05, 0) is 37.3 Å². The van der Waals surface area contributed by atoms with Crippen LogP contribution in [0.5, 0.6) is 0 Å². The molecule has 0 aliphatic heterocycles. The Balaban J connectivity index is 0.000000483. The molecular weight excluding hydrogens is 373 g/mol. The number of anilines is 2. The maximum absolute atomic E-state index is 13.0. The van der Waals surface area contributed by atoms with Gasteiger partial charge in [-0.25, -0.2) is 22.8 Å². The molecule has 0 saturated heterocycles. The number of hydrogen-bond donors (Lipinski definition) is 4. The molecule has 0 radical (unpaired) electrons. The van der Waals surface area contributed by atoms with Gasteiger partial charge in [-0.1, -0.05) is 19.9 Å². The van der Waals surface area contributed by atoms with E-state index in [1.165, 1.54) is 31.3 Å². The highest BCUT2D eigenvalue weighted by Gasteiger charge is 2.06. The summed E-state index contributed by atoms with van der Waals surface area (Å²) in [7, 11) is 1.49. The summed E-state index contributed by atoms with van der Waals surface area (Å²) >= 11 is 0. The quantitative estimate of drug-likeness (QED) is 0.604. The van der Waals surface area contributed by atoms with Crippen LogP contribution in [0.2, 0.25) is 0 Å². The van der Waals surface area contributed by atoms with Crippen molar-refractivity contribution in [1.82, 2.24) is 10.6 Å². The fraction of sp³-hybridized carbons (Fsp3) is 0.263. The van der Waals surface area contributed by atoms with Crippen molar-refractivity contribution in [2.45, 2.75) is 20.8 Å². The molecule has 0 atom stereocenters. The Labute approximate surface area is 162 Å². The first-order valence-electron chi connectivity index (χ1n) is 8.60. The van der Waals surface area contributed by atoms with Crippen molar-refractivity contribution in [1.29, 1.82) is 0 Å². The average Bonchev–Trinajstić information content (AvgIpc) is 2.66. The zero-order valence-corrected chi connectivity index (χ0v) is 16.2. The summed E-state index contributed by atoms with van der Waals surface area (Å²) in [6, 6.07) is 7.77. The monoisotopic (exact) mass is 398 g/mol. The van der Waals surface area contributed by atoms with Crippen LogP contribution in [0.3, 0.4) is 0 Å². The summed E-state index contributed by atoms with van der Waals surface area (Å²) in [6.07, 6.45) is 0. The van der Waals surface area contributed by atoms with Crippen LogP contribution >= 0.6 is 0 Å². The molecule has 28 heavy (non-hydrogen) atoms. The molecule has 0 aliphatic rings. The zero-order chi connectivity index (χ0) is 21.5. The number of urea groups is 2. The smallest absolute Gasteiger partial charge is 0.319 e. The molecule has 6 nitrogen and oxygen atoms in total. The Bertz CT molecular complexity index is 758. The minimum atomic E-state index is -0.795. The number of nitrogens with one attached hydrogen (secondary N) is 4. The van der Waals surface area contributed by atoms with Gasteiger partial charge in [0.15, 0.2) is 0 Å². The summed E-state index contributed by atoms with van der Waals surface area (Å²) in [6.45, 7) is 6.18. The Morgan fingerprint density at radius 3 is 2.07 bits per heavy atom. The Kier molecular flexibility index (Phi) is 12.3. The molecule has 4 amide bonds. The molecule has 0 bridgehead atoms. The second kappa shape index (κ2) is 13.9. The number of amides is 4. The normalized spacial score (nSPS) is 8.96. The van der Waals surface area contributed by atoms with Gasteiger partial charge in [0.2, 0.25) is 0 Å². The second-order valence-electron chi connectivity index (χ2n) is 4.82. The molecule has 0 unspecified atom stereocenters. The van der Waals surface area contributed by atoms with Crippen LogP contribution in [0.1, 0.15) is 20.8 Å². The lowest BCUT2D eigenvalue weighted by Crippen LogP contribution is -2.28. The number of halogens is 3. The van der Waals surface area contributed by atoms with Crippen LogP contribution in [-0.2, 0) is 0 Å². The number of hydrogen-bond acceptors (Lipinski definition) is 2. The molecule has 0 saturated carbocycles. The van der Waals surface area contributed by atoms with Crippen molar-refractivity contribution in [3.8, 4) is 0 Å². The highest BCUT2D eigenvalue weighted by Crippen LogP contribution is 2.14. The molecule has 0 fully saturated rings. The second-order valence-corrected chi connectivity index (χ2v) is 4.82. The van der Waals surface area contributed by atoms with Crippen molar-refractivity contribution in [2.24, 2.45) is 0 Å². The van der Waals surface area contributed by atoms with Crippen LogP contribution in [0.25, 0.3) is 0 Å². The molecule has 2 aromatic carbocycles. The lowest BCUT2D eigenvalue weighted by molar-refractivity contribution is 0.252. The Hall–Kier alpha value is -3.23. The molecule has 0 heterocycles. The third-order valence-electron chi connectivity index (χ3n) is 2.83. The topological polar surface area (TPSA) is 82.3 Å². The zero-order valence-electron chi connectivity index (χ0n) is 16.2. The maximum Gasteiger partial charge on any atom is 0.319 e. The fourth-order valence-electron chi connectivity index (χ4n) is 1.68. The van der Waals surface area contributed by atoms with Crippen molar-refractivity contribution >= 4 is 23.4 Å². The summed E-state index contributed by atoms with van der Waals surface area (Å²) in [5.74, 6) is -1.84. The minimum absolute atomic E-state index is 0.0441. The summed E-state index contributed by atoms with van der Waals surface area (Å²) in [5, 5.41) is 9.47. The van der Waals surface area contributed by atoms with E-state index in [0.29, 0.717) is 18.3 Å². The lowest BCUT2D eigenvalue weighted by atomic mass is 10.3. The molecule has 154 valence electrons. The van der Waals surface area contributed by atoms with Gasteiger partial charge in [-0.2, -0.15) is 0 Å². The van der Waals surface area contributed by atoms with Gasteiger partial charge in [0, 0.05) is 25.3 Å². The molecule has 2 rings (SSSR count). The molecule has 0 aliphatic carbocycles. The van der Waals surface area contributed by atoms with Crippen LogP contribution < -0.4 is 21.3 Å². The predicted molar refractivity (Wildman–Crippen MR) is 105 cm³/mol. The van der Waals surface area contributed by atoms with Gasteiger partial charge in [-0.3, -0.25) is 0 Å². The standard InChI is InChI=1S/C9H10F2N2O.C8H9FN2O.C2H6/c1-2-12-9(14)13-8-4-3-6(10)5-7(8)11;1-10-8(12)11-7-4-2-3-6(9)5-7;1-2/h3-5H,2H2,1H3,(H2,12,13,14);2-5H,1H3,(H2,10,11,12);1-2H3. The highest BCUT2D eigenvalue weighted by atomic mass is 19.1. The molecule has 2 aromatic rings. The summed E-state index contributed by atoms with van der Waals surface area (Å²) in [4.78, 5) is 21.7. The highest BCUT2D eigenvalue weighted by molar-refractivity contribution is 5.89. The largest absolute Gasteiger partial charge is 0.341 e. The molecule has 0 aromatic heterocycles. The average molecular weight is 398 g/mol. The minimum Gasteiger partial charge on any atom is -0.341 e. The van der Waals surface area contributed by atoms with Gasteiger partial charge >= 0.3 is 12.1 Å². The van der Waals surface area contributed by atoms with E-state index in [1.807, 2.05) is 13.8 Å². The van der Waals surface area contributed by atoms with E-state index in [9.17, 15) is 22.8 Å². The fourth-order valence-corrected chi connectivity index (χ4v) is 1.68. The van der Waals surface area contributed by atoms with E-state index >= 15 is 0 Å². The molecular formula is C19H25F3N4O2. The van der Waals surface area contributed by atoms with Crippen molar-refractivity contribution in [2.75, 3.05) is 24.2 Å². The summed E-state index contributed by atoms with van der Waals surface area (Å²) < 4.78 is 38.0. The first-order valence-corrected chi connectivity index (χ1v) is 8.60. The van der Waals surface area contributed by atoms with Gasteiger partial charge in [0.1, 0.15) is 17.5 Å². The van der Waals surface area contributed by atoms with Gasteiger partial charge < -0.3 is 21.3 Å². The van der Waals surface area contributed by atoms with Crippen molar-refractivity contribution in [3.63, 3.8) is 0 Å². The van der Waals surface area contributed by atoms with E-state index in [0.717, 1.165) is 6.07 Å². The number of benzene rings is 2. The van der Waals surface area contributed by atoms with E-state index in [2.05, 4.69) is 21.3 Å². The SMILES string of the molecule is CC.CCNC(=O)Nc1ccc(F)cc1F.CNC(=O)Nc1cccc(F)c1. The Morgan fingerprint density at radius 2 is 1.54 bits per heavy atom. The molecule has 0 spiro atoms. The van der Waals surface area contributed by atoms with Crippen molar-refractivity contribution in [3.05, 3.63) is 59.9 Å². The first-order chi connectivity index (χ1) is 13.3. The van der Waals surface area contributed by atoms with Crippen LogP contribution in [0.15, 0.2) is 42.5 Å². The van der Waals surface area contributed by atoms with E-state index in [-0.39, 0.29) is 17.5 Å². The maximum atomic E-state index is 13.0. The van der Waals surface area contributed by atoms with E-state index in [4.69, 9.17) is 0 Å². The van der Waals surface area contributed by atoms with E-state index < -0.39 is 17.7 Å². The number of carbonyl (C=O) groups excluding carboxylic acids is 2. The number of rotatable bonds is 3. The molecule has 9 heteroatoms. The lowest BCUT2D eigenvalue weighted by Gasteiger charge is -2.06. The van der Waals surface area contributed by atoms with Gasteiger partial charge in [-0.15, -0.1) is 0 Å². The summed E-state index contributed by atoms with van der Waals surface area (Å²) in [5.41, 5.74) is 0.395. The van der Waals surface area contributed by atoms with E-state index in [1.54, 1.807) is 13.0 Å². The number of carbonyl (C=O) groups is 2. The third-order valence-corrected chi connectivity index (χ3v) is 2.83. The predicted octanol–water partition coefficient (Wildman–Crippen LogP) is 4.71. The van der Waals surface area contributed by atoms with Crippen LogP contribution in [0.4, 0.5) is 34.1 Å². The third kappa shape index (κ3) is 10.0. The van der Waals surface area contributed by atoms with Gasteiger partial charge in [0.05, 0.1) is 5.69 Å². The first kappa shape index (κ1) is 24.8. The van der Waals surface area contributed by atoms with Crippen LogP contribution in [-0.4, -0.2) is 25.7 Å². The molecule has 4 N–H and O–H groups in total. The van der Waals surface area contributed by atoms with Crippen LogP contribution in [0, 0.1) is 17.5 Å². The van der Waals surface area contributed by atoms with Gasteiger partial charge in [0.25, 0.3) is 0 Å².